The highest BCUT2D eigenvalue weighted by atomic mass is 16.1. The molecule has 1 saturated heterocycles. The molecule has 0 radical (unpaired) electrons. The van der Waals surface area contributed by atoms with E-state index >= 15 is 0 Å². The molecule has 3 rings (SSSR count). The van der Waals surface area contributed by atoms with Crippen molar-refractivity contribution in [2.24, 2.45) is 0 Å². The molecule has 0 spiro atoms. The number of nitrogens with zero attached hydrogens (tertiary/aromatic N) is 3. The van der Waals surface area contributed by atoms with Crippen LogP contribution >= 0.6 is 0 Å². The van der Waals surface area contributed by atoms with Gasteiger partial charge in [0.25, 0.3) is 5.56 Å². The van der Waals surface area contributed by atoms with Crippen molar-refractivity contribution in [1.82, 2.24) is 20.3 Å². The Balaban J connectivity index is 1.98. The van der Waals surface area contributed by atoms with Crippen LogP contribution in [-0.2, 0) is 0 Å². The Bertz CT molecular complexity index is 604. The summed E-state index contributed by atoms with van der Waals surface area (Å²) in [7, 11) is 0. The zero-order valence-electron chi connectivity index (χ0n) is 10.5. The third kappa shape index (κ3) is 2.63. The van der Waals surface area contributed by atoms with Gasteiger partial charge >= 0.3 is 0 Å². The van der Waals surface area contributed by atoms with Crippen molar-refractivity contribution in [2.75, 3.05) is 31.1 Å². The van der Waals surface area contributed by atoms with Crippen LogP contribution in [0.1, 0.15) is 0 Å². The van der Waals surface area contributed by atoms with Gasteiger partial charge in [0.15, 0.2) is 0 Å². The minimum atomic E-state index is -0.137. The van der Waals surface area contributed by atoms with Gasteiger partial charge in [-0.25, -0.2) is 4.98 Å². The second kappa shape index (κ2) is 5.19. The van der Waals surface area contributed by atoms with Gasteiger partial charge in [-0.15, -0.1) is 0 Å². The molecule has 2 N–H and O–H groups in total. The van der Waals surface area contributed by atoms with E-state index in [4.69, 9.17) is 0 Å². The molecule has 2 aromatic rings. The molecule has 0 aromatic carbocycles. The van der Waals surface area contributed by atoms with Crippen LogP contribution in [0.5, 0.6) is 0 Å². The van der Waals surface area contributed by atoms with Crippen molar-refractivity contribution in [3.8, 4) is 11.3 Å². The summed E-state index contributed by atoms with van der Waals surface area (Å²) >= 11 is 0. The van der Waals surface area contributed by atoms with Crippen molar-refractivity contribution in [1.29, 1.82) is 0 Å². The first-order chi connectivity index (χ1) is 9.33. The minimum Gasteiger partial charge on any atom is -0.340 e. The van der Waals surface area contributed by atoms with E-state index in [1.54, 1.807) is 12.4 Å². The summed E-state index contributed by atoms with van der Waals surface area (Å²) in [6.45, 7) is 3.50. The zero-order valence-corrected chi connectivity index (χ0v) is 10.5. The Morgan fingerprint density at radius 2 is 2.11 bits per heavy atom. The second-order valence-corrected chi connectivity index (χ2v) is 4.43. The molecule has 0 bridgehead atoms. The molecule has 2 aromatic heterocycles. The number of piperazine rings is 1. The van der Waals surface area contributed by atoms with Gasteiger partial charge in [0.2, 0.25) is 5.95 Å². The van der Waals surface area contributed by atoms with Crippen molar-refractivity contribution in [2.45, 2.75) is 0 Å². The minimum absolute atomic E-state index is 0.137. The fraction of sp³-hybridized carbons (Fsp3) is 0.308. The van der Waals surface area contributed by atoms with Crippen molar-refractivity contribution < 1.29 is 0 Å². The summed E-state index contributed by atoms with van der Waals surface area (Å²) in [6, 6.07) is 5.24. The number of hydrogen-bond donors (Lipinski definition) is 2. The highest BCUT2D eigenvalue weighted by Crippen LogP contribution is 2.16. The molecule has 0 aliphatic carbocycles. The molecule has 98 valence electrons. The lowest BCUT2D eigenvalue weighted by molar-refractivity contribution is 0.579. The SMILES string of the molecule is O=c1cc(-c2cccnc2)nc(N2CCNCC2)[nH]1. The normalized spacial score (nSPS) is 15.5. The highest BCUT2D eigenvalue weighted by molar-refractivity contribution is 5.58. The largest absolute Gasteiger partial charge is 0.340 e. The van der Waals surface area contributed by atoms with E-state index in [1.165, 1.54) is 6.07 Å². The van der Waals surface area contributed by atoms with Gasteiger partial charge in [-0.05, 0) is 12.1 Å². The number of rotatable bonds is 2. The van der Waals surface area contributed by atoms with E-state index < -0.39 is 0 Å². The number of hydrogen-bond acceptors (Lipinski definition) is 5. The Morgan fingerprint density at radius 3 is 2.84 bits per heavy atom. The van der Waals surface area contributed by atoms with Crippen LogP contribution in [0, 0.1) is 0 Å². The lowest BCUT2D eigenvalue weighted by atomic mass is 10.2. The summed E-state index contributed by atoms with van der Waals surface area (Å²) in [5, 5.41) is 3.27. The number of pyridine rings is 1. The van der Waals surface area contributed by atoms with E-state index in [0.29, 0.717) is 11.6 Å². The molecule has 0 amide bonds. The summed E-state index contributed by atoms with van der Waals surface area (Å²) in [5.74, 6) is 0.632. The summed E-state index contributed by atoms with van der Waals surface area (Å²) in [5.41, 5.74) is 1.37. The predicted molar refractivity (Wildman–Crippen MR) is 73.2 cm³/mol. The van der Waals surface area contributed by atoms with Crippen LogP contribution in [-0.4, -0.2) is 41.1 Å². The topological polar surface area (TPSA) is 73.9 Å². The maximum Gasteiger partial charge on any atom is 0.252 e. The Morgan fingerprint density at radius 1 is 1.26 bits per heavy atom. The molecule has 0 saturated carbocycles. The van der Waals surface area contributed by atoms with E-state index in [1.807, 2.05) is 12.1 Å². The third-order valence-corrected chi connectivity index (χ3v) is 3.10. The van der Waals surface area contributed by atoms with Crippen LogP contribution in [0.25, 0.3) is 11.3 Å². The Hall–Kier alpha value is -2.21. The van der Waals surface area contributed by atoms with Crippen molar-refractivity contribution >= 4 is 5.95 Å². The van der Waals surface area contributed by atoms with Crippen LogP contribution in [0.2, 0.25) is 0 Å². The first-order valence-electron chi connectivity index (χ1n) is 6.30. The first-order valence-corrected chi connectivity index (χ1v) is 6.30. The second-order valence-electron chi connectivity index (χ2n) is 4.43. The summed E-state index contributed by atoms with van der Waals surface area (Å²) < 4.78 is 0. The van der Waals surface area contributed by atoms with Gasteiger partial charge in [0.05, 0.1) is 5.69 Å². The molecule has 6 heteroatoms. The maximum absolute atomic E-state index is 11.8. The van der Waals surface area contributed by atoms with E-state index in [9.17, 15) is 4.79 Å². The van der Waals surface area contributed by atoms with Gasteiger partial charge in [-0.2, -0.15) is 0 Å². The van der Waals surface area contributed by atoms with E-state index in [0.717, 1.165) is 31.7 Å². The Labute approximate surface area is 110 Å². The maximum atomic E-state index is 11.8. The lowest BCUT2D eigenvalue weighted by Gasteiger charge is -2.27. The molecule has 6 nitrogen and oxygen atoms in total. The van der Waals surface area contributed by atoms with Crippen LogP contribution in [0.15, 0.2) is 35.4 Å². The highest BCUT2D eigenvalue weighted by Gasteiger charge is 2.14. The number of aromatic nitrogens is 3. The van der Waals surface area contributed by atoms with E-state index in [-0.39, 0.29) is 5.56 Å². The number of nitrogens with one attached hydrogen (secondary N) is 2. The van der Waals surface area contributed by atoms with Gasteiger partial charge in [-0.1, -0.05) is 0 Å². The van der Waals surface area contributed by atoms with Gasteiger partial charge < -0.3 is 10.2 Å². The first kappa shape index (κ1) is 11.9. The molecule has 3 heterocycles. The van der Waals surface area contributed by atoms with Gasteiger partial charge in [0.1, 0.15) is 0 Å². The van der Waals surface area contributed by atoms with Crippen LogP contribution < -0.4 is 15.8 Å². The Kier molecular flexibility index (Phi) is 3.24. The van der Waals surface area contributed by atoms with Gasteiger partial charge in [-0.3, -0.25) is 14.8 Å². The molecule has 19 heavy (non-hydrogen) atoms. The predicted octanol–water partition coefficient (Wildman–Crippen LogP) is 0.241. The lowest BCUT2D eigenvalue weighted by Crippen LogP contribution is -2.44. The average molecular weight is 257 g/mol. The van der Waals surface area contributed by atoms with Crippen molar-refractivity contribution in [3.63, 3.8) is 0 Å². The van der Waals surface area contributed by atoms with Crippen LogP contribution in [0.3, 0.4) is 0 Å². The molecular weight excluding hydrogens is 242 g/mol. The monoisotopic (exact) mass is 257 g/mol. The standard InChI is InChI=1S/C13H15N5O/c19-12-8-11(10-2-1-3-15-9-10)16-13(17-12)18-6-4-14-5-7-18/h1-3,8-9,14H,4-7H2,(H,16,17,19). The summed E-state index contributed by atoms with van der Waals surface area (Å²) in [6.07, 6.45) is 3.41. The smallest absolute Gasteiger partial charge is 0.252 e. The number of anilines is 1. The quantitative estimate of drug-likeness (QED) is 0.806. The molecule has 0 atom stereocenters. The molecule has 1 aliphatic heterocycles. The number of H-pyrrole nitrogens is 1. The summed E-state index contributed by atoms with van der Waals surface area (Å²) in [4.78, 5) is 25.2. The number of aromatic amines is 1. The molecule has 1 aliphatic rings. The molecular formula is C13H15N5O. The fourth-order valence-corrected chi connectivity index (χ4v) is 2.13. The van der Waals surface area contributed by atoms with E-state index in [2.05, 4.69) is 25.2 Å². The average Bonchev–Trinajstić information content (AvgIpc) is 2.48. The fourth-order valence-electron chi connectivity index (χ4n) is 2.13. The van der Waals surface area contributed by atoms with Crippen LogP contribution in [0.4, 0.5) is 5.95 Å². The van der Waals surface area contributed by atoms with Crippen molar-refractivity contribution in [3.05, 3.63) is 40.9 Å². The third-order valence-electron chi connectivity index (χ3n) is 3.10. The van der Waals surface area contributed by atoms with Gasteiger partial charge in [0, 0.05) is 50.2 Å². The molecule has 0 unspecified atom stereocenters. The zero-order chi connectivity index (χ0) is 13.1. The molecule has 1 fully saturated rings.